The van der Waals surface area contributed by atoms with Crippen molar-refractivity contribution in [1.29, 1.82) is 0 Å². The number of hydrogen-bond donors (Lipinski definition) is 1. The topological polar surface area (TPSA) is 107 Å². The first-order valence-corrected chi connectivity index (χ1v) is 10.2. The number of benzene rings is 1. The lowest BCUT2D eigenvalue weighted by Gasteiger charge is -2.22. The Labute approximate surface area is 150 Å². The summed E-state index contributed by atoms with van der Waals surface area (Å²) in [7, 11) is -3.25. The summed E-state index contributed by atoms with van der Waals surface area (Å²) in [5.41, 5.74) is 2.17. The first-order chi connectivity index (χ1) is 12.5. The van der Waals surface area contributed by atoms with E-state index in [2.05, 4.69) is 20.4 Å². The first-order valence-electron chi connectivity index (χ1n) is 8.30. The lowest BCUT2D eigenvalue weighted by Crippen LogP contribution is -2.34. The van der Waals surface area contributed by atoms with Crippen molar-refractivity contribution < 1.29 is 17.7 Å². The van der Waals surface area contributed by atoms with E-state index in [9.17, 15) is 8.42 Å². The third-order valence-electron chi connectivity index (χ3n) is 4.34. The van der Waals surface area contributed by atoms with Crippen LogP contribution in [0.2, 0.25) is 0 Å². The monoisotopic (exact) mass is 374 g/mol. The fourth-order valence-electron chi connectivity index (χ4n) is 2.95. The molecule has 1 aliphatic rings. The zero-order valence-electron chi connectivity index (χ0n) is 14.2. The summed E-state index contributed by atoms with van der Waals surface area (Å²) in [6, 6.07) is 6.45. The van der Waals surface area contributed by atoms with Gasteiger partial charge in [-0.15, -0.1) is 0 Å². The normalized spacial score (nSPS) is 16.0. The molecule has 1 fully saturated rings. The highest BCUT2D eigenvalue weighted by Gasteiger charge is 2.21. The van der Waals surface area contributed by atoms with E-state index in [1.54, 1.807) is 24.3 Å². The van der Waals surface area contributed by atoms with Gasteiger partial charge in [-0.1, -0.05) is 17.3 Å². The summed E-state index contributed by atoms with van der Waals surface area (Å²) in [4.78, 5) is 8.70. The van der Waals surface area contributed by atoms with Gasteiger partial charge in [-0.05, 0) is 38.1 Å². The van der Waals surface area contributed by atoms with Crippen LogP contribution in [0.3, 0.4) is 0 Å². The van der Waals surface area contributed by atoms with Crippen molar-refractivity contribution in [2.75, 3.05) is 19.3 Å². The van der Waals surface area contributed by atoms with Gasteiger partial charge in [0, 0.05) is 11.8 Å². The van der Waals surface area contributed by atoms with Crippen molar-refractivity contribution in [1.82, 2.24) is 20.4 Å². The molecule has 0 spiro atoms. The van der Waals surface area contributed by atoms with Crippen LogP contribution in [-0.2, 0) is 9.84 Å². The smallest absolute Gasteiger partial charge is 0.264 e. The Hall–Kier alpha value is -2.52. The number of rotatable bonds is 4. The molecule has 8 nitrogen and oxygen atoms in total. The van der Waals surface area contributed by atoms with Crippen LogP contribution in [0.15, 0.2) is 40.0 Å². The first kappa shape index (κ1) is 16.9. The number of nitrogens with one attached hydrogen (secondary N) is 1. The van der Waals surface area contributed by atoms with Crippen LogP contribution in [0.25, 0.3) is 22.4 Å². The minimum Gasteiger partial charge on any atom is -0.471 e. The predicted molar refractivity (Wildman–Crippen MR) is 94.7 cm³/mol. The maximum atomic E-state index is 11.6. The largest absolute Gasteiger partial charge is 0.471 e. The van der Waals surface area contributed by atoms with E-state index < -0.39 is 9.84 Å². The molecule has 4 rings (SSSR count). The van der Waals surface area contributed by atoms with Gasteiger partial charge in [-0.25, -0.2) is 13.4 Å². The zero-order chi connectivity index (χ0) is 18.1. The molecule has 1 aromatic carbocycles. The van der Waals surface area contributed by atoms with Crippen molar-refractivity contribution in [2.45, 2.75) is 23.8 Å². The van der Waals surface area contributed by atoms with Gasteiger partial charge in [-0.3, -0.25) is 0 Å². The molecule has 1 saturated heterocycles. The molecule has 3 heterocycles. The zero-order valence-corrected chi connectivity index (χ0v) is 15.0. The van der Waals surface area contributed by atoms with Crippen molar-refractivity contribution >= 4 is 20.9 Å². The second kappa shape index (κ2) is 6.65. The molecule has 0 atom stereocenters. The van der Waals surface area contributed by atoms with Crippen molar-refractivity contribution in [3.8, 4) is 17.1 Å². The van der Waals surface area contributed by atoms with Gasteiger partial charge in [0.2, 0.25) is 5.58 Å². The van der Waals surface area contributed by atoms with Crippen molar-refractivity contribution in [3.05, 3.63) is 30.6 Å². The molecule has 1 aliphatic heterocycles. The fraction of sp³-hybridized carbons (Fsp3) is 0.353. The molecule has 0 amide bonds. The van der Waals surface area contributed by atoms with Crippen LogP contribution in [0, 0.1) is 0 Å². The number of ether oxygens (including phenoxy) is 1. The van der Waals surface area contributed by atoms with Crippen molar-refractivity contribution in [3.63, 3.8) is 0 Å². The van der Waals surface area contributed by atoms with Crippen LogP contribution >= 0.6 is 0 Å². The van der Waals surface area contributed by atoms with Gasteiger partial charge < -0.3 is 14.6 Å². The summed E-state index contributed by atoms with van der Waals surface area (Å²) < 4.78 is 34.6. The van der Waals surface area contributed by atoms with Crippen LogP contribution in [0.4, 0.5) is 0 Å². The summed E-state index contributed by atoms with van der Waals surface area (Å²) in [6.45, 7) is 1.82. The highest BCUT2D eigenvalue weighted by atomic mass is 32.2. The van der Waals surface area contributed by atoms with E-state index in [1.807, 2.05) is 0 Å². The SMILES string of the molecule is CS(=O)(=O)c1ccc(-c2noc3c(OC4CCNCC4)ncnc23)cc1. The fourth-order valence-corrected chi connectivity index (χ4v) is 3.58. The van der Waals surface area contributed by atoms with Crippen LogP contribution in [0.5, 0.6) is 5.88 Å². The molecule has 3 aromatic rings. The predicted octanol–water partition coefficient (Wildman–Crippen LogP) is 1.82. The molecule has 26 heavy (non-hydrogen) atoms. The Bertz CT molecular complexity index is 1020. The minimum absolute atomic E-state index is 0.0805. The molecule has 9 heteroatoms. The third kappa shape index (κ3) is 3.27. The average molecular weight is 374 g/mol. The Morgan fingerprint density at radius 3 is 2.58 bits per heavy atom. The van der Waals surface area contributed by atoms with Crippen LogP contribution < -0.4 is 10.1 Å². The van der Waals surface area contributed by atoms with Gasteiger partial charge in [-0.2, -0.15) is 4.98 Å². The van der Waals surface area contributed by atoms with E-state index >= 15 is 0 Å². The Balaban J connectivity index is 1.68. The summed E-state index contributed by atoms with van der Waals surface area (Å²) in [5.74, 6) is 0.383. The number of piperidine rings is 1. The van der Waals surface area contributed by atoms with Crippen LogP contribution in [0.1, 0.15) is 12.8 Å². The standard InChI is InChI=1S/C17H18N4O4S/c1-26(22,23)13-4-2-11(3-5-13)14-15-16(25-21-14)17(20-10-19-15)24-12-6-8-18-9-7-12/h2-5,10,12,18H,6-9H2,1H3. The molecular weight excluding hydrogens is 356 g/mol. The van der Waals surface area contributed by atoms with E-state index in [0.717, 1.165) is 25.9 Å². The second-order valence-corrected chi connectivity index (χ2v) is 8.27. The molecule has 0 saturated carbocycles. The molecular formula is C17H18N4O4S. The molecule has 0 aliphatic carbocycles. The van der Waals surface area contributed by atoms with Crippen molar-refractivity contribution in [2.24, 2.45) is 0 Å². The maximum Gasteiger partial charge on any atom is 0.264 e. The number of aromatic nitrogens is 3. The number of nitrogens with zero attached hydrogens (tertiary/aromatic N) is 3. The van der Waals surface area contributed by atoms with E-state index in [4.69, 9.17) is 9.26 Å². The maximum absolute atomic E-state index is 11.6. The van der Waals surface area contributed by atoms with Gasteiger partial charge in [0.05, 0.1) is 4.90 Å². The summed E-state index contributed by atoms with van der Waals surface area (Å²) >= 11 is 0. The summed E-state index contributed by atoms with van der Waals surface area (Å²) in [5, 5.41) is 7.38. The lowest BCUT2D eigenvalue weighted by atomic mass is 10.1. The average Bonchev–Trinajstić information content (AvgIpc) is 3.07. The highest BCUT2D eigenvalue weighted by molar-refractivity contribution is 7.90. The summed E-state index contributed by atoms with van der Waals surface area (Å²) in [6.07, 6.45) is 4.48. The van der Waals surface area contributed by atoms with E-state index in [-0.39, 0.29) is 11.0 Å². The molecule has 0 unspecified atom stereocenters. The third-order valence-corrected chi connectivity index (χ3v) is 5.47. The Kier molecular flexibility index (Phi) is 4.33. The van der Waals surface area contributed by atoms with Crippen LogP contribution in [-0.4, -0.2) is 49.0 Å². The highest BCUT2D eigenvalue weighted by Crippen LogP contribution is 2.31. The molecule has 136 valence electrons. The van der Waals surface area contributed by atoms with Gasteiger partial charge in [0.1, 0.15) is 23.6 Å². The minimum atomic E-state index is -3.25. The number of sulfone groups is 1. The van der Waals surface area contributed by atoms with Gasteiger partial charge >= 0.3 is 0 Å². The Morgan fingerprint density at radius 2 is 1.88 bits per heavy atom. The molecule has 0 bridgehead atoms. The second-order valence-electron chi connectivity index (χ2n) is 6.25. The molecule has 0 radical (unpaired) electrons. The molecule has 1 N–H and O–H groups in total. The quantitative estimate of drug-likeness (QED) is 0.737. The number of fused-ring (bicyclic) bond motifs is 1. The lowest BCUT2D eigenvalue weighted by molar-refractivity contribution is 0.155. The van der Waals surface area contributed by atoms with E-state index in [1.165, 1.54) is 12.6 Å². The van der Waals surface area contributed by atoms with E-state index in [0.29, 0.717) is 28.2 Å². The van der Waals surface area contributed by atoms with Gasteiger partial charge in [0.25, 0.3) is 5.88 Å². The number of hydrogen-bond acceptors (Lipinski definition) is 8. The Morgan fingerprint density at radius 1 is 1.15 bits per heavy atom. The van der Waals surface area contributed by atoms with Gasteiger partial charge in [0.15, 0.2) is 9.84 Å². The molecule has 2 aromatic heterocycles.